The maximum absolute atomic E-state index is 12.1. The van der Waals surface area contributed by atoms with Crippen molar-refractivity contribution in [3.8, 4) is 17.0 Å². The first-order chi connectivity index (χ1) is 9.13. The van der Waals surface area contributed by atoms with Crippen molar-refractivity contribution in [2.24, 2.45) is 0 Å². The largest absolute Gasteiger partial charge is 0.495 e. The minimum absolute atomic E-state index is 0.0341. The van der Waals surface area contributed by atoms with Crippen molar-refractivity contribution in [1.82, 2.24) is 9.88 Å². The first kappa shape index (κ1) is 13.1. The summed E-state index contributed by atoms with van der Waals surface area (Å²) in [4.78, 5) is 18.0. The fourth-order valence-electron chi connectivity index (χ4n) is 1.79. The van der Waals surface area contributed by atoms with Crippen LogP contribution in [-0.2, 0) is 0 Å². The van der Waals surface area contributed by atoms with Crippen molar-refractivity contribution in [3.05, 3.63) is 48.2 Å². The molecule has 0 unspecified atom stereocenters. The molecule has 0 fully saturated rings. The zero-order chi connectivity index (χ0) is 13.8. The van der Waals surface area contributed by atoms with E-state index in [1.54, 1.807) is 32.3 Å². The number of aromatic nitrogens is 1. The standard InChI is InChI=1S/C15H16N2O2/c1-17(2)15(18)13-7-5-4-6-12(13)14-9-8-11(19-3)10-16-14/h4-10H,1-3H3. The van der Waals surface area contributed by atoms with Crippen molar-refractivity contribution in [2.45, 2.75) is 0 Å². The zero-order valence-corrected chi connectivity index (χ0v) is 11.3. The number of rotatable bonds is 3. The molecule has 0 aliphatic heterocycles. The number of ether oxygens (including phenoxy) is 1. The number of carbonyl (C=O) groups is 1. The molecule has 19 heavy (non-hydrogen) atoms. The van der Waals surface area contributed by atoms with Crippen molar-refractivity contribution < 1.29 is 9.53 Å². The second kappa shape index (κ2) is 5.52. The first-order valence-electron chi connectivity index (χ1n) is 5.94. The van der Waals surface area contributed by atoms with Crippen LogP contribution in [0.15, 0.2) is 42.6 Å². The molecule has 2 aromatic rings. The Bertz CT molecular complexity index is 577. The smallest absolute Gasteiger partial charge is 0.254 e. The van der Waals surface area contributed by atoms with Gasteiger partial charge in [-0.25, -0.2) is 0 Å². The van der Waals surface area contributed by atoms with Gasteiger partial charge in [0.25, 0.3) is 5.91 Å². The third-order valence-electron chi connectivity index (χ3n) is 2.81. The highest BCUT2D eigenvalue weighted by Gasteiger charge is 2.14. The van der Waals surface area contributed by atoms with Crippen LogP contribution >= 0.6 is 0 Å². The Morgan fingerprint density at radius 2 is 1.89 bits per heavy atom. The molecule has 4 nitrogen and oxygen atoms in total. The van der Waals surface area contributed by atoms with Crippen LogP contribution in [0.25, 0.3) is 11.3 Å². The lowest BCUT2D eigenvalue weighted by molar-refractivity contribution is 0.0828. The lowest BCUT2D eigenvalue weighted by Crippen LogP contribution is -2.22. The molecule has 0 atom stereocenters. The van der Waals surface area contributed by atoms with E-state index in [1.807, 2.05) is 36.4 Å². The SMILES string of the molecule is COc1ccc(-c2ccccc2C(=O)N(C)C)nc1. The van der Waals surface area contributed by atoms with Crippen molar-refractivity contribution >= 4 is 5.91 Å². The van der Waals surface area contributed by atoms with Gasteiger partial charge in [-0.3, -0.25) is 9.78 Å². The second-order valence-electron chi connectivity index (χ2n) is 4.33. The van der Waals surface area contributed by atoms with E-state index in [0.717, 1.165) is 11.3 Å². The van der Waals surface area contributed by atoms with E-state index in [9.17, 15) is 4.79 Å². The third kappa shape index (κ3) is 2.73. The number of hydrogen-bond acceptors (Lipinski definition) is 3. The van der Waals surface area contributed by atoms with E-state index in [2.05, 4.69) is 4.98 Å². The van der Waals surface area contributed by atoms with Gasteiger partial charge in [0.15, 0.2) is 0 Å². The Morgan fingerprint density at radius 1 is 1.16 bits per heavy atom. The third-order valence-corrected chi connectivity index (χ3v) is 2.81. The molecular weight excluding hydrogens is 240 g/mol. The summed E-state index contributed by atoms with van der Waals surface area (Å²) in [5.74, 6) is 0.661. The molecule has 0 saturated carbocycles. The molecule has 0 aliphatic carbocycles. The summed E-state index contributed by atoms with van der Waals surface area (Å²) in [5.41, 5.74) is 2.22. The van der Waals surface area contributed by atoms with E-state index in [-0.39, 0.29) is 5.91 Å². The van der Waals surface area contributed by atoms with Crippen LogP contribution in [0.4, 0.5) is 0 Å². The molecule has 0 saturated heterocycles. The number of hydrogen-bond donors (Lipinski definition) is 0. The summed E-state index contributed by atoms with van der Waals surface area (Å²) in [5, 5.41) is 0. The van der Waals surface area contributed by atoms with E-state index in [1.165, 1.54) is 0 Å². The molecule has 1 amide bonds. The molecule has 0 aliphatic rings. The minimum Gasteiger partial charge on any atom is -0.495 e. The molecule has 4 heteroatoms. The summed E-state index contributed by atoms with van der Waals surface area (Å²) >= 11 is 0. The van der Waals surface area contributed by atoms with E-state index in [4.69, 9.17) is 4.74 Å². The van der Waals surface area contributed by atoms with E-state index < -0.39 is 0 Å². The lowest BCUT2D eigenvalue weighted by atomic mass is 10.0. The summed E-state index contributed by atoms with van der Waals surface area (Å²) in [6.07, 6.45) is 1.65. The van der Waals surface area contributed by atoms with Crippen molar-refractivity contribution in [1.29, 1.82) is 0 Å². The average molecular weight is 256 g/mol. The highest BCUT2D eigenvalue weighted by molar-refractivity contribution is 6.00. The Labute approximate surface area is 112 Å². The topological polar surface area (TPSA) is 42.4 Å². The van der Waals surface area contributed by atoms with Crippen molar-refractivity contribution in [2.75, 3.05) is 21.2 Å². The zero-order valence-electron chi connectivity index (χ0n) is 11.3. The molecule has 0 radical (unpaired) electrons. The number of carbonyl (C=O) groups excluding carboxylic acids is 1. The predicted octanol–water partition coefficient (Wildman–Crippen LogP) is 2.46. The van der Waals surface area contributed by atoms with Gasteiger partial charge >= 0.3 is 0 Å². The van der Waals surface area contributed by atoms with Gasteiger partial charge in [0, 0.05) is 25.2 Å². The Kier molecular flexibility index (Phi) is 3.80. The Morgan fingerprint density at radius 3 is 2.47 bits per heavy atom. The number of nitrogens with zero attached hydrogens (tertiary/aromatic N) is 2. The minimum atomic E-state index is -0.0341. The average Bonchev–Trinajstić information content (AvgIpc) is 2.46. The molecule has 98 valence electrons. The monoisotopic (exact) mass is 256 g/mol. The fourth-order valence-corrected chi connectivity index (χ4v) is 1.79. The molecule has 1 heterocycles. The maximum atomic E-state index is 12.1. The summed E-state index contributed by atoms with van der Waals surface area (Å²) < 4.78 is 5.08. The van der Waals surface area contributed by atoms with Crippen LogP contribution < -0.4 is 4.74 Å². The summed E-state index contributed by atoms with van der Waals surface area (Å²) in [6, 6.07) is 11.1. The molecule has 1 aromatic heterocycles. The van der Waals surface area contributed by atoms with E-state index in [0.29, 0.717) is 11.3 Å². The van der Waals surface area contributed by atoms with Crippen LogP contribution in [-0.4, -0.2) is 37.0 Å². The van der Waals surface area contributed by atoms with Gasteiger partial charge in [0.05, 0.1) is 19.0 Å². The highest BCUT2D eigenvalue weighted by atomic mass is 16.5. The van der Waals surface area contributed by atoms with Crippen LogP contribution in [0.3, 0.4) is 0 Å². The molecule has 0 N–H and O–H groups in total. The van der Waals surface area contributed by atoms with Gasteiger partial charge in [0.2, 0.25) is 0 Å². The van der Waals surface area contributed by atoms with Gasteiger partial charge in [-0.15, -0.1) is 0 Å². The number of amides is 1. The number of benzene rings is 1. The van der Waals surface area contributed by atoms with Crippen molar-refractivity contribution in [3.63, 3.8) is 0 Å². The second-order valence-corrected chi connectivity index (χ2v) is 4.33. The molecule has 1 aromatic carbocycles. The number of pyridine rings is 1. The van der Waals surface area contributed by atoms with Gasteiger partial charge in [-0.1, -0.05) is 18.2 Å². The van der Waals surface area contributed by atoms with Gasteiger partial charge in [-0.05, 0) is 18.2 Å². The molecule has 2 rings (SSSR count). The molecule has 0 spiro atoms. The van der Waals surface area contributed by atoms with Crippen LogP contribution in [0.1, 0.15) is 10.4 Å². The van der Waals surface area contributed by atoms with E-state index >= 15 is 0 Å². The van der Waals surface area contributed by atoms with Crippen LogP contribution in [0.2, 0.25) is 0 Å². The summed E-state index contributed by atoms with van der Waals surface area (Å²) in [6.45, 7) is 0. The van der Waals surface area contributed by atoms with Crippen LogP contribution in [0, 0.1) is 0 Å². The maximum Gasteiger partial charge on any atom is 0.254 e. The quantitative estimate of drug-likeness (QED) is 0.847. The van der Waals surface area contributed by atoms with Gasteiger partial charge in [-0.2, -0.15) is 0 Å². The first-order valence-corrected chi connectivity index (χ1v) is 5.94. The highest BCUT2D eigenvalue weighted by Crippen LogP contribution is 2.24. The Hall–Kier alpha value is -2.36. The normalized spacial score (nSPS) is 10.1. The lowest BCUT2D eigenvalue weighted by Gasteiger charge is -2.13. The molecular formula is C15H16N2O2. The van der Waals surface area contributed by atoms with Gasteiger partial charge < -0.3 is 9.64 Å². The van der Waals surface area contributed by atoms with Crippen LogP contribution in [0.5, 0.6) is 5.75 Å². The Balaban J connectivity index is 2.46. The molecule has 0 bridgehead atoms. The summed E-state index contributed by atoms with van der Waals surface area (Å²) in [7, 11) is 5.07. The van der Waals surface area contributed by atoms with Gasteiger partial charge in [0.1, 0.15) is 5.75 Å². The fraction of sp³-hybridized carbons (Fsp3) is 0.200. The number of methoxy groups -OCH3 is 1. The predicted molar refractivity (Wildman–Crippen MR) is 74.2 cm³/mol.